The Hall–Kier alpha value is -0.830. The van der Waals surface area contributed by atoms with Gasteiger partial charge in [0.25, 0.3) is 0 Å². The van der Waals surface area contributed by atoms with Gasteiger partial charge in [-0.05, 0) is 43.3 Å². The van der Waals surface area contributed by atoms with E-state index in [9.17, 15) is 4.79 Å². The molecule has 0 aromatic carbocycles. The Balaban J connectivity index is 1.87. The minimum atomic E-state index is -0.680. The van der Waals surface area contributed by atoms with Crippen LogP contribution in [0.25, 0.3) is 0 Å². The molecule has 2 heterocycles. The Morgan fingerprint density at radius 1 is 1.12 bits per heavy atom. The monoisotopic (exact) mass is 222 g/mol. The van der Waals surface area contributed by atoms with Crippen LogP contribution in [0.2, 0.25) is 0 Å². The molecule has 0 saturated carbocycles. The lowest BCUT2D eigenvalue weighted by atomic mass is 9.79. The highest BCUT2D eigenvalue weighted by Gasteiger charge is 2.49. The van der Waals surface area contributed by atoms with Crippen LogP contribution >= 0.6 is 0 Å². The van der Waals surface area contributed by atoms with E-state index in [-0.39, 0.29) is 18.1 Å². The lowest BCUT2D eigenvalue weighted by molar-refractivity contribution is -0.142. The van der Waals surface area contributed by atoms with Crippen LogP contribution in [0.15, 0.2) is 11.1 Å². The highest BCUT2D eigenvalue weighted by molar-refractivity contribution is 5.73. The fourth-order valence-electron chi connectivity index (χ4n) is 3.46. The molecule has 2 bridgehead atoms. The fourth-order valence-corrected chi connectivity index (χ4v) is 3.46. The predicted molar refractivity (Wildman–Crippen MR) is 59.1 cm³/mol. The molecule has 3 aliphatic rings. The Kier molecular flexibility index (Phi) is 2.51. The van der Waals surface area contributed by atoms with Crippen molar-refractivity contribution in [2.45, 2.75) is 57.2 Å². The van der Waals surface area contributed by atoms with E-state index in [1.54, 1.807) is 0 Å². The maximum atomic E-state index is 11.1. The zero-order chi connectivity index (χ0) is 11.1. The molecule has 0 aromatic rings. The summed E-state index contributed by atoms with van der Waals surface area (Å²) in [6.45, 7) is 0. The van der Waals surface area contributed by atoms with E-state index in [4.69, 9.17) is 9.84 Å². The summed E-state index contributed by atoms with van der Waals surface area (Å²) in [5, 5.41) is 9.15. The normalized spacial score (nSPS) is 38.1. The van der Waals surface area contributed by atoms with E-state index in [0.717, 1.165) is 12.8 Å². The Morgan fingerprint density at radius 3 is 2.50 bits per heavy atom. The molecule has 0 unspecified atom stereocenters. The third kappa shape index (κ3) is 1.49. The van der Waals surface area contributed by atoms with Crippen molar-refractivity contribution in [3.8, 4) is 0 Å². The molecule has 1 N–H and O–H groups in total. The molecule has 3 rings (SSSR count). The van der Waals surface area contributed by atoms with Crippen molar-refractivity contribution < 1.29 is 14.6 Å². The van der Waals surface area contributed by atoms with Crippen LogP contribution in [-0.2, 0) is 9.53 Å². The Morgan fingerprint density at radius 2 is 1.81 bits per heavy atom. The number of hydrogen-bond donors (Lipinski definition) is 1. The molecule has 1 saturated heterocycles. The second-order valence-electron chi connectivity index (χ2n) is 5.19. The van der Waals surface area contributed by atoms with Gasteiger partial charge in [-0.3, -0.25) is 4.79 Å². The van der Waals surface area contributed by atoms with E-state index >= 15 is 0 Å². The van der Waals surface area contributed by atoms with Crippen LogP contribution < -0.4 is 0 Å². The van der Waals surface area contributed by atoms with Gasteiger partial charge >= 0.3 is 5.97 Å². The van der Waals surface area contributed by atoms with Crippen molar-refractivity contribution in [2.75, 3.05) is 0 Å². The molecule has 3 nitrogen and oxygen atoms in total. The van der Waals surface area contributed by atoms with E-state index in [0.29, 0.717) is 6.42 Å². The van der Waals surface area contributed by atoms with Gasteiger partial charge in [0, 0.05) is 0 Å². The van der Waals surface area contributed by atoms with Gasteiger partial charge in [-0.25, -0.2) is 0 Å². The van der Waals surface area contributed by atoms with E-state index in [2.05, 4.69) is 0 Å². The molecule has 88 valence electrons. The number of carbonyl (C=O) groups is 1. The molecule has 2 aliphatic heterocycles. The minimum Gasteiger partial charge on any atom is -0.481 e. The van der Waals surface area contributed by atoms with Crippen LogP contribution in [-0.4, -0.2) is 23.3 Å². The first-order valence-electron chi connectivity index (χ1n) is 6.37. The van der Waals surface area contributed by atoms with Gasteiger partial charge in [0.1, 0.15) is 0 Å². The van der Waals surface area contributed by atoms with Crippen molar-refractivity contribution in [1.82, 2.24) is 0 Å². The second kappa shape index (κ2) is 3.88. The van der Waals surface area contributed by atoms with E-state index < -0.39 is 5.97 Å². The molecule has 1 aliphatic carbocycles. The van der Waals surface area contributed by atoms with Crippen molar-refractivity contribution >= 4 is 5.97 Å². The maximum Gasteiger partial charge on any atom is 0.309 e. The highest BCUT2D eigenvalue weighted by atomic mass is 16.5. The maximum absolute atomic E-state index is 11.1. The summed E-state index contributed by atoms with van der Waals surface area (Å²) in [6.07, 6.45) is 8.03. The lowest BCUT2D eigenvalue weighted by Crippen LogP contribution is -2.27. The third-order valence-corrected chi connectivity index (χ3v) is 4.25. The number of rotatable bonds is 1. The molecular formula is C13H18O3. The van der Waals surface area contributed by atoms with Crippen LogP contribution in [0.1, 0.15) is 44.9 Å². The summed E-state index contributed by atoms with van der Waals surface area (Å²) < 4.78 is 5.85. The van der Waals surface area contributed by atoms with E-state index in [1.165, 1.54) is 36.8 Å². The van der Waals surface area contributed by atoms with Gasteiger partial charge in [0.05, 0.1) is 18.1 Å². The van der Waals surface area contributed by atoms with Crippen LogP contribution in [0.5, 0.6) is 0 Å². The predicted octanol–water partition coefficient (Wildman–Crippen LogP) is 2.51. The fraction of sp³-hybridized carbons (Fsp3) is 0.769. The average molecular weight is 222 g/mol. The molecule has 0 spiro atoms. The molecular weight excluding hydrogens is 204 g/mol. The quantitative estimate of drug-likeness (QED) is 0.693. The number of ether oxygens (including phenoxy) is 1. The molecule has 3 heteroatoms. The summed E-state index contributed by atoms with van der Waals surface area (Å²) in [6, 6.07) is 0. The van der Waals surface area contributed by atoms with Gasteiger partial charge in [-0.1, -0.05) is 12.8 Å². The van der Waals surface area contributed by atoms with Gasteiger partial charge in [-0.2, -0.15) is 0 Å². The lowest BCUT2D eigenvalue weighted by Gasteiger charge is -2.23. The zero-order valence-corrected chi connectivity index (χ0v) is 9.45. The Bertz CT molecular complexity index is 345. The molecule has 0 aromatic heterocycles. The Labute approximate surface area is 95.5 Å². The SMILES string of the molecule is O=C(O)[C@@H]1C[C@@H]2O[C@H]1C1=C2CCCCCC1. The summed E-state index contributed by atoms with van der Waals surface area (Å²) in [4.78, 5) is 11.1. The van der Waals surface area contributed by atoms with Crippen molar-refractivity contribution in [2.24, 2.45) is 5.92 Å². The number of carboxylic acids is 1. The molecule has 1 fully saturated rings. The third-order valence-electron chi connectivity index (χ3n) is 4.25. The highest BCUT2D eigenvalue weighted by Crippen LogP contribution is 2.47. The number of carboxylic acid groups (broad SMARTS) is 1. The van der Waals surface area contributed by atoms with Crippen LogP contribution in [0.3, 0.4) is 0 Å². The standard InChI is InChI=1S/C13H18O3/c14-13(15)10-7-11-8-5-3-1-2-4-6-9(8)12(10)16-11/h10-12H,1-7H2,(H,14,15)/t10-,11+,12+/m1/s1. The first kappa shape index (κ1) is 10.3. The summed E-state index contributed by atoms with van der Waals surface area (Å²) >= 11 is 0. The molecule has 0 amide bonds. The number of aliphatic carboxylic acids is 1. The molecule has 0 radical (unpaired) electrons. The van der Waals surface area contributed by atoms with Crippen molar-refractivity contribution in [3.05, 3.63) is 11.1 Å². The second-order valence-corrected chi connectivity index (χ2v) is 5.19. The van der Waals surface area contributed by atoms with Gasteiger partial charge in [0.2, 0.25) is 0 Å². The first-order chi connectivity index (χ1) is 7.77. The van der Waals surface area contributed by atoms with Crippen LogP contribution in [0, 0.1) is 5.92 Å². The summed E-state index contributed by atoms with van der Waals surface area (Å²) in [5.74, 6) is -0.954. The van der Waals surface area contributed by atoms with Gasteiger partial charge in [0.15, 0.2) is 0 Å². The number of hydrogen-bond acceptors (Lipinski definition) is 2. The summed E-state index contributed by atoms with van der Waals surface area (Å²) in [5.41, 5.74) is 2.81. The molecule has 3 atom stereocenters. The number of fused-ring (bicyclic) bond motifs is 4. The summed E-state index contributed by atoms with van der Waals surface area (Å²) in [7, 11) is 0. The van der Waals surface area contributed by atoms with E-state index in [1.807, 2.05) is 0 Å². The first-order valence-corrected chi connectivity index (χ1v) is 6.37. The smallest absolute Gasteiger partial charge is 0.309 e. The minimum absolute atomic E-state index is 0.0874. The van der Waals surface area contributed by atoms with Crippen LogP contribution in [0.4, 0.5) is 0 Å². The largest absolute Gasteiger partial charge is 0.481 e. The molecule has 16 heavy (non-hydrogen) atoms. The topological polar surface area (TPSA) is 46.5 Å². The average Bonchev–Trinajstić information content (AvgIpc) is 2.73. The van der Waals surface area contributed by atoms with Gasteiger partial charge in [-0.15, -0.1) is 0 Å². The van der Waals surface area contributed by atoms with Crippen molar-refractivity contribution in [1.29, 1.82) is 0 Å². The zero-order valence-electron chi connectivity index (χ0n) is 9.45. The van der Waals surface area contributed by atoms with Crippen molar-refractivity contribution in [3.63, 3.8) is 0 Å². The van der Waals surface area contributed by atoms with Gasteiger partial charge < -0.3 is 9.84 Å².